The largest absolute Gasteiger partial charge is 0.396 e. The van der Waals surface area contributed by atoms with Crippen molar-refractivity contribution >= 4 is 5.91 Å². The number of H-pyrrole nitrogens is 1. The first kappa shape index (κ1) is 11.7. The van der Waals surface area contributed by atoms with Gasteiger partial charge in [-0.15, -0.1) is 0 Å². The number of aliphatic hydroxyl groups excluding tert-OH is 1. The van der Waals surface area contributed by atoms with E-state index in [1.807, 2.05) is 4.90 Å². The van der Waals surface area contributed by atoms with Crippen LogP contribution in [0.5, 0.6) is 0 Å². The lowest BCUT2D eigenvalue weighted by molar-refractivity contribution is 0.0614. The van der Waals surface area contributed by atoms with Gasteiger partial charge < -0.3 is 10.0 Å². The van der Waals surface area contributed by atoms with E-state index in [0.29, 0.717) is 12.2 Å². The third kappa shape index (κ3) is 1.92. The van der Waals surface area contributed by atoms with E-state index in [-0.39, 0.29) is 18.4 Å². The van der Waals surface area contributed by atoms with E-state index in [2.05, 4.69) is 10.2 Å². The molecule has 0 spiro atoms. The van der Waals surface area contributed by atoms with Gasteiger partial charge in [-0.2, -0.15) is 5.10 Å². The van der Waals surface area contributed by atoms with Crippen LogP contribution in [-0.4, -0.2) is 45.8 Å². The maximum Gasteiger partial charge on any atom is 0.274 e. The molecule has 1 fully saturated rings. The summed E-state index contributed by atoms with van der Waals surface area (Å²) in [6, 6.07) is 0. The van der Waals surface area contributed by atoms with Crippen molar-refractivity contribution in [2.45, 2.75) is 32.1 Å². The fourth-order valence-electron chi connectivity index (χ4n) is 3.04. The number of hydrogen-bond acceptors (Lipinski definition) is 3. The van der Waals surface area contributed by atoms with Gasteiger partial charge in [0.15, 0.2) is 5.69 Å². The molecule has 0 saturated carbocycles. The van der Waals surface area contributed by atoms with Gasteiger partial charge >= 0.3 is 0 Å². The zero-order chi connectivity index (χ0) is 12.5. The Morgan fingerprint density at radius 3 is 3.17 bits per heavy atom. The number of aryl methyl sites for hydroxylation is 1. The fraction of sp³-hybridized carbons (Fsp3) is 0.692. The van der Waals surface area contributed by atoms with Crippen molar-refractivity contribution in [1.29, 1.82) is 0 Å². The molecule has 18 heavy (non-hydrogen) atoms. The number of hydrogen-bond donors (Lipinski definition) is 2. The van der Waals surface area contributed by atoms with E-state index in [4.69, 9.17) is 0 Å². The molecule has 1 aromatic heterocycles. The topological polar surface area (TPSA) is 69.2 Å². The van der Waals surface area contributed by atoms with Crippen molar-refractivity contribution in [3.8, 4) is 0 Å². The van der Waals surface area contributed by atoms with Crippen LogP contribution in [0, 0.1) is 5.92 Å². The van der Waals surface area contributed by atoms with E-state index in [1.54, 1.807) is 0 Å². The first-order chi connectivity index (χ1) is 8.79. The predicted octanol–water partition coefficient (Wildman–Crippen LogP) is 0.743. The van der Waals surface area contributed by atoms with E-state index in [0.717, 1.165) is 49.9 Å². The Balaban J connectivity index is 1.77. The highest BCUT2D eigenvalue weighted by Crippen LogP contribution is 2.25. The van der Waals surface area contributed by atoms with E-state index >= 15 is 0 Å². The molecule has 1 aliphatic carbocycles. The third-order valence-corrected chi connectivity index (χ3v) is 4.07. The molecule has 2 heterocycles. The van der Waals surface area contributed by atoms with E-state index in [1.165, 1.54) is 0 Å². The fourth-order valence-corrected chi connectivity index (χ4v) is 3.04. The van der Waals surface area contributed by atoms with Crippen molar-refractivity contribution in [1.82, 2.24) is 15.1 Å². The molecule has 5 nitrogen and oxygen atoms in total. The summed E-state index contributed by atoms with van der Waals surface area (Å²) in [5.74, 6) is 0.266. The molecule has 3 rings (SSSR count). The van der Waals surface area contributed by atoms with Crippen LogP contribution in [-0.2, 0) is 12.8 Å². The second-order valence-electron chi connectivity index (χ2n) is 5.32. The normalized spacial score (nSPS) is 23.2. The summed E-state index contributed by atoms with van der Waals surface area (Å²) < 4.78 is 0. The number of carbonyl (C=O) groups is 1. The number of piperidine rings is 1. The second kappa shape index (κ2) is 4.72. The van der Waals surface area contributed by atoms with Crippen molar-refractivity contribution in [2.24, 2.45) is 5.92 Å². The summed E-state index contributed by atoms with van der Waals surface area (Å²) >= 11 is 0. The number of amides is 1. The lowest BCUT2D eigenvalue weighted by Gasteiger charge is -2.31. The zero-order valence-corrected chi connectivity index (χ0v) is 10.5. The lowest BCUT2D eigenvalue weighted by atomic mass is 9.98. The van der Waals surface area contributed by atoms with Gasteiger partial charge in [-0.3, -0.25) is 9.89 Å². The standard InChI is InChI=1S/C13H19N3O2/c17-8-9-3-2-6-16(7-9)13(18)12-10-4-1-5-11(10)14-15-12/h9,17H,1-8H2,(H,14,15). The van der Waals surface area contributed by atoms with Gasteiger partial charge in [-0.25, -0.2) is 0 Å². The second-order valence-corrected chi connectivity index (χ2v) is 5.32. The minimum atomic E-state index is 0.0348. The van der Waals surface area contributed by atoms with E-state index < -0.39 is 0 Å². The molecule has 0 radical (unpaired) electrons. The van der Waals surface area contributed by atoms with Crippen LogP contribution in [0.4, 0.5) is 0 Å². The van der Waals surface area contributed by atoms with Gasteiger partial charge in [0, 0.05) is 31.0 Å². The Morgan fingerprint density at radius 1 is 1.44 bits per heavy atom. The summed E-state index contributed by atoms with van der Waals surface area (Å²) in [6.07, 6.45) is 5.07. The molecule has 1 saturated heterocycles. The maximum absolute atomic E-state index is 12.4. The molecule has 98 valence electrons. The summed E-state index contributed by atoms with van der Waals surface area (Å²) in [5, 5.41) is 16.4. The molecule has 2 aliphatic rings. The van der Waals surface area contributed by atoms with E-state index in [9.17, 15) is 9.90 Å². The number of rotatable bonds is 2. The molecule has 1 aliphatic heterocycles. The molecule has 1 aromatic rings. The molecule has 1 unspecified atom stereocenters. The van der Waals surface area contributed by atoms with Gasteiger partial charge in [0.25, 0.3) is 5.91 Å². The summed E-state index contributed by atoms with van der Waals surface area (Å²) in [5.41, 5.74) is 2.86. The number of aromatic nitrogens is 2. The predicted molar refractivity (Wildman–Crippen MR) is 66.3 cm³/mol. The SMILES string of the molecule is O=C(c1n[nH]c2c1CCC2)N1CCCC(CO)C1. The summed E-state index contributed by atoms with van der Waals surface area (Å²) in [4.78, 5) is 14.3. The highest BCUT2D eigenvalue weighted by atomic mass is 16.3. The number of carbonyl (C=O) groups excluding carboxylic acids is 1. The number of fused-ring (bicyclic) bond motifs is 1. The number of nitrogens with one attached hydrogen (secondary N) is 1. The highest BCUT2D eigenvalue weighted by molar-refractivity contribution is 5.94. The average Bonchev–Trinajstić information content (AvgIpc) is 3.00. The van der Waals surface area contributed by atoms with Crippen LogP contribution in [0.25, 0.3) is 0 Å². The summed E-state index contributed by atoms with van der Waals surface area (Å²) in [7, 11) is 0. The lowest BCUT2D eigenvalue weighted by Crippen LogP contribution is -2.41. The maximum atomic E-state index is 12.4. The molecular weight excluding hydrogens is 230 g/mol. The molecular formula is C13H19N3O2. The number of likely N-dealkylation sites (tertiary alicyclic amines) is 1. The van der Waals surface area contributed by atoms with Gasteiger partial charge in [0.05, 0.1) is 0 Å². The van der Waals surface area contributed by atoms with Crippen LogP contribution in [0.15, 0.2) is 0 Å². The number of nitrogens with zero attached hydrogens (tertiary/aromatic N) is 2. The van der Waals surface area contributed by atoms with Crippen LogP contribution < -0.4 is 0 Å². The van der Waals surface area contributed by atoms with Crippen molar-refractivity contribution < 1.29 is 9.90 Å². The molecule has 0 bridgehead atoms. The van der Waals surface area contributed by atoms with Crippen molar-refractivity contribution in [2.75, 3.05) is 19.7 Å². The number of aliphatic hydroxyl groups is 1. The Labute approximate surface area is 106 Å². The Bertz CT molecular complexity index is 455. The third-order valence-electron chi connectivity index (χ3n) is 4.07. The molecule has 5 heteroatoms. The monoisotopic (exact) mass is 249 g/mol. The number of aromatic amines is 1. The van der Waals surface area contributed by atoms with Gasteiger partial charge in [0.1, 0.15) is 0 Å². The zero-order valence-electron chi connectivity index (χ0n) is 10.5. The van der Waals surface area contributed by atoms with Crippen LogP contribution >= 0.6 is 0 Å². The molecule has 1 amide bonds. The first-order valence-corrected chi connectivity index (χ1v) is 6.76. The Kier molecular flexibility index (Phi) is 3.07. The highest BCUT2D eigenvalue weighted by Gasteiger charge is 2.29. The van der Waals surface area contributed by atoms with Crippen molar-refractivity contribution in [3.63, 3.8) is 0 Å². The quantitative estimate of drug-likeness (QED) is 0.812. The van der Waals surface area contributed by atoms with Gasteiger partial charge in [-0.05, 0) is 38.0 Å². The van der Waals surface area contributed by atoms with Crippen LogP contribution in [0.3, 0.4) is 0 Å². The Morgan fingerprint density at radius 2 is 2.33 bits per heavy atom. The smallest absolute Gasteiger partial charge is 0.274 e. The van der Waals surface area contributed by atoms with Gasteiger partial charge in [0.2, 0.25) is 0 Å². The van der Waals surface area contributed by atoms with Crippen LogP contribution in [0.1, 0.15) is 41.0 Å². The minimum Gasteiger partial charge on any atom is -0.396 e. The first-order valence-electron chi connectivity index (χ1n) is 6.76. The van der Waals surface area contributed by atoms with Crippen LogP contribution in [0.2, 0.25) is 0 Å². The Hall–Kier alpha value is -1.36. The summed E-state index contributed by atoms with van der Waals surface area (Å²) in [6.45, 7) is 1.62. The molecule has 0 aromatic carbocycles. The molecule has 2 N–H and O–H groups in total. The average molecular weight is 249 g/mol. The molecule has 1 atom stereocenters. The van der Waals surface area contributed by atoms with Crippen molar-refractivity contribution in [3.05, 3.63) is 17.0 Å². The minimum absolute atomic E-state index is 0.0348. The van der Waals surface area contributed by atoms with Gasteiger partial charge in [-0.1, -0.05) is 0 Å².